The summed E-state index contributed by atoms with van der Waals surface area (Å²) >= 11 is 0. The Morgan fingerprint density at radius 2 is 2.35 bits per heavy atom. The van der Waals surface area contributed by atoms with Gasteiger partial charge in [0.1, 0.15) is 5.75 Å². The topological polar surface area (TPSA) is 47.3 Å². The van der Waals surface area contributed by atoms with Crippen LogP contribution in [0.4, 0.5) is 0 Å². The van der Waals surface area contributed by atoms with Gasteiger partial charge in [-0.3, -0.25) is 0 Å². The van der Waals surface area contributed by atoms with Crippen molar-refractivity contribution in [2.24, 2.45) is 5.73 Å². The fourth-order valence-electron chi connectivity index (χ4n) is 2.35. The van der Waals surface area contributed by atoms with Gasteiger partial charge in [0.25, 0.3) is 0 Å². The fourth-order valence-corrected chi connectivity index (χ4v) is 2.35. The van der Waals surface area contributed by atoms with Crippen molar-refractivity contribution in [3.05, 3.63) is 29.3 Å². The minimum atomic E-state index is 0.416. The summed E-state index contributed by atoms with van der Waals surface area (Å²) in [6.45, 7) is 4.67. The number of ether oxygens (including phenoxy) is 1. The molecule has 94 valence electrons. The molecule has 0 spiro atoms. The third-order valence-electron chi connectivity index (χ3n) is 3.27. The highest BCUT2D eigenvalue weighted by Gasteiger charge is 2.19. The second-order valence-electron chi connectivity index (χ2n) is 4.63. The average Bonchev–Trinajstić information content (AvgIpc) is 2.54. The van der Waals surface area contributed by atoms with Gasteiger partial charge in [0, 0.05) is 11.6 Å². The predicted octanol–water partition coefficient (Wildman–Crippen LogP) is 2.15. The first-order valence-corrected chi connectivity index (χ1v) is 6.48. The minimum absolute atomic E-state index is 0.416. The molecule has 17 heavy (non-hydrogen) atoms. The number of rotatable bonds is 4. The van der Waals surface area contributed by atoms with Gasteiger partial charge < -0.3 is 15.8 Å². The lowest BCUT2D eigenvalue weighted by Crippen LogP contribution is -2.24. The van der Waals surface area contributed by atoms with E-state index in [0.717, 1.165) is 44.7 Å². The van der Waals surface area contributed by atoms with Crippen molar-refractivity contribution in [3.63, 3.8) is 0 Å². The standard InChI is InChI=1S/C14H22N2O/c1-11-5-2-6-12-13(16-9-4-8-15)7-3-10-17-14(11)12/h2,5-6,13,16H,3-4,7-10,15H2,1H3. The van der Waals surface area contributed by atoms with Crippen molar-refractivity contribution in [2.75, 3.05) is 19.7 Å². The van der Waals surface area contributed by atoms with Crippen LogP contribution in [0.5, 0.6) is 5.75 Å². The molecule has 2 rings (SSSR count). The van der Waals surface area contributed by atoms with E-state index in [1.165, 1.54) is 11.1 Å². The second-order valence-corrected chi connectivity index (χ2v) is 4.63. The molecule has 1 heterocycles. The smallest absolute Gasteiger partial charge is 0.126 e. The maximum Gasteiger partial charge on any atom is 0.126 e. The maximum atomic E-state index is 5.85. The molecular formula is C14H22N2O. The highest BCUT2D eigenvalue weighted by atomic mass is 16.5. The number of benzene rings is 1. The number of hydrogen-bond donors (Lipinski definition) is 2. The Labute approximate surface area is 103 Å². The zero-order chi connectivity index (χ0) is 12.1. The molecule has 1 unspecified atom stereocenters. The molecule has 0 saturated carbocycles. The summed E-state index contributed by atoms with van der Waals surface area (Å²) in [7, 11) is 0. The van der Waals surface area contributed by atoms with Crippen LogP contribution in [-0.4, -0.2) is 19.7 Å². The summed E-state index contributed by atoms with van der Waals surface area (Å²) in [5.41, 5.74) is 8.07. The molecule has 1 aliphatic heterocycles. The van der Waals surface area contributed by atoms with Crippen molar-refractivity contribution in [1.82, 2.24) is 5.32 Å². The number of aryl methyl sites for hydroxylation is 1. The Balaban J connectivity index is 2.15. The van der Waals surface area contributed by atoms with Crippen LogP contribution in [-0.2, 0) is 0 Å². The molecule has 3 nitrogen and oxygen atoms in total. The lowest BCUT2D eigenvalue weighted by Gasteiger charge is -2.19. The fraction of sp³-hybridized carbons (Fsp3) is 0.571. The molecular weight excluding hydrogens is 212 g/mol. The Morgan fingerprint density at radius 3 is 3.18 bits per heavy atom. The Hall–Kier alpha value is -1.06. The van der Waals surface area contributed by atoms with Crippen LogP contribution in [0, 0.1) is 6.92 Å². The van der Waals surface area contributed by atoms with Gasteiger partial charge in [0.15, 0.2) is 0 Å². The van der Waals surface area contributed by atoms with Gasteiger partial charge in [-0.05, 0) is 44.8 Å². The van der Waals surface area contributed by atoms with E-state index in [1.807, 2.05) is 0 Å². The lowest BCUT2D eigenvalue weighted by atomic mass is 10.00. The summed E-state index contributed by atoms with van der Waals surface area (Å²) in [6.07, 6.45) is 3.27. The first-order valence-electron chi connectivity index (χ1n) is 6.48. The zero-order valence-corrected chi connectivity index (χ0v) is 10.5. The third-order valence-corrected chi connectivity index (χ3v) is 3.27. The van der Waals surface area contributed by atoms with Crippen LogP contribution < -0.4 is 15.8 Å². The molecule has 1 atom stereocenters. The number of nitrogens with two attached hydrogens (primary N) is 1. The molecule has 1 aromatic carbocycles. The number of hydrogen-bond acceptors (Lipinski definition) is 3. The summed E-state index contributed by atoms with van der Waals surface area (Å²) in [6, 6.07) is 6.81. The lowest BCUT2D eigenvalue weighted by molar-refractivity contribution is 0.313. The predicted molar refractivity (Wildman–Crippen MR) is 70.3 cm³/mol. The van der Waals surface area contributed by atoms with Crippen LogP contribution in [0.3, 0.4) is 0 Å². The SMILES string of the molecule is Cc1cccc2c1OCCCC2NCCCN. The summed E-state index contributed by atoms with van der Waals surface area (Å²) < 4.78 is 5.85. The summed E-state index contributed by atoms with van der Waals surface area (Å²) in [4.78, 5) is 0. The van der Waals surface area contributed by atoms with Gasteiger partial charge in [-0.15, -0.1) is 0 Å². The highest BCUT2D eigenvalue weighted by molar-refractivity contribution is 5.43. The van der Waals surface area contributed by atoms with Crippen LogP contribution in [0.2, 0.25) is 0 Å². The van der Waals surface area contributed by atoms with E-state index in [1.54, 1.807) is 0 Å². The third kappa shape index (κ3) is 2.99. The van der Waals surface area contributed by atoms with E-state index >= 15 is 0 Å². The molecule has 1 aliphatic rings. The normalized spacial score (nSPS) is 19.3. The van der Waals surface area contributed by atoms with E-state index in [-0.39, 0.29) is 0 Å². The van der Waals surface area contributed by atoms with Crippen molar-refractivity contribution >= 4 is 0 Å². The van der Waals surface area contributed by atoms with Crippen LogP contribution in [0.15, 0.2) is 18.2 Å². The average molecular weight is 234 g/mol. The highest BCUT2D eigenvalue weighted by Crippen LogP contribution is 2.33. The van der Waals surface area contributed by atoms with E-state index in [2.05, 4.69) is 30.4 Å². The van der Waals surface area contributed by atoms with Crippen molar-refractivity contribution in [3.8, 4) is 5.75 Å². The van der Waals surface area contributed by atoms with Crippen molar-refractivity contribution in [2.45, 2.75) is 32.2 Å². The molecule has 3 heteroatoms. The Kier molecular flexibility index (Phi) is 4.40. The van der Waals surface area contributed by atoms with Gasteiger partial charge in [0.05, 0.1) is 6.61 Å². The number of para-hydroxylation sites is 1. The van der Waals surface area contributed by atoms with Gasteiger partial charge in [-0.1, -0.05) is 18.2 Å². The van der Waals surface area contributed by atoms with E-state index in [4.69, 9.17) is 10.5 Å². The largest absolute Gasteiger partial charge is 0.493 e. The van der Waals surface area contributed by atoms with Gasteiger partial charge in [-0.2, -0.15) is 0 Å². The molecule has 3 N–H and O–H groups in total. The maximum absolute atomic E-state index is 5.85. The van der Waals surface area contributed by atoms with E-state index in [9.17, 15) is 0 Å². The van der Waals surface area contributed by atoms with Crippen molar-refractivity contribution in [1.29, 1.82) is 0 Å². The van der Waals surface area contributed by atoms with Gasteiger partial charge in [-0.25, -0.2) is 0 Å². The van der Waals surface area contributed by atoms with E-state index in [0.29, 0.717) is 6.04 Å². The van der Waals surface area contributed by atoms with Crippen molar-refractivity contribution < 1.29 is 4.74 Å². The monoisotopic (exact) mass is 234 g/mol. The summed E-state index contributed by atoms with van der Waals surface area (Å²) in [5.74, 6) is 1.08. The molecule has 1 aromatic rings. The van der Waals surface area contributed by atoms with Crippen LogP contribution in [0.1, 0.15) is 36.4 Å². The molecule has 0 radical (unpaired) electrons. The Bertz CT molecular complexity index is 365. The number of fused-ring (bicyclic) bond motifs is 1. The van der Waals surface area contributed by atoms with Gasteiger partial charge in [0.2, 0.25) is 0 Å². The Morgan fingerprint density at radius 1 is 1.47 bits per heavy atom. The van der Waals surface area contributed by atoms with Gasteiger partial charge >= 0.3 is 0 Å². The zero-order valence-electron chi connectivity index (χ0n) is 10.5. The molecule has 0 aliphatic carbocycles. The summed E-state index contributed by atoms with van der Waals surface area (Å²) in [5, 5.41) is 3.59. The van der Waals surface area contributed by atoms with Crippen LogP contribution >= 0.6 is 0 Å². The molecule has 0 bridgehead atoms. The molecule has 0 fully saturated rings. The minimum Gasteiger partial charge on any atom is -0.493 e. The molecule has 0 aromatic heterocycles. The quantitative estimate of drug-likeness (QED) is 0.785. The number of nitrogens with one attached hydrogen (secondary N) is 1. The first kappa shape index (κ1) is 12.4. The molecule has 0 amide bonds. The van der Waals surface area contributed by atoms with E-state index < -0.39 is 0 Å². The first-order chi connectivity index (χ1) is 8.33. The second kappa shape index (κ2) is 6.03. The molecule has 0 saturated heterocycles. The van der Waals surface area contributed by atoms with Crippen LogP contribution in [0.25, 0.3) is 0 Å².